The van der Waals surface area contributed by atoms with Crippen LogP contribution in [0.4, 0.5) is 5.82 Å². The Labute approximate surface area is 88.0 Å². The molecule has 0 spiro atoms. The minimum Gasteiger partial charge on any atom is -0.315 e. The van der Waals surface area contributed by atoms with Crippen LogP contribution >= 0.6 is 0 Å². The molecular formula is C9H15N5O. The number of aromatic nitrogens is 3. The summed E-state index contributed by atoms with van der Waals surface area (Å²) < 4.78 is 1.82. The van der Waals surface area contributed by atoms with E-state index >= 15 is 0 Å². The molecule has 1 unspecified atom stereocenters. The van der Waals surface area contributed by atoms with Gasteiger partial charge in [0.2, 0.25) is 5.91 Å². The van der Waals surface area contributed by atoms with Gasteiger partial charge in [0.1, 0.15) is 0 Å². The van der Waals surface area contributed by atoms with Crippen molar-refractivity contribution in [3.05, 3.63) is 6.20 Å². The Morgan fingerprint density at radius 1 is 1.73 bits per heavy atom. The van der Waals surface area contributed by atoms with Crippen molar-refractivity contribution in [3.63, 3.8) is 0 Å². The van der Waals surface area contributed by atoms with Crippen molar-refractivity contribution in [3.8, 4) is 0 Å². The van der Waals surface area contributed by atoms with Crippen molar-refractivity contribution >= 4 is 11.7 Å². The van der Waals surface area contributed by atoms with E-state index in [1.54, 1.807) is 6.20 Å². The molecule has 1 amide bonds. The molecule has 1 atom stereocenters. The third kappa shape index (κ3) is 2.53. The molecule has 1 fully saturated rings. The summed E-state index contributed by atoms with van der Waals surface area (Å²) in [5.74, 6) is 0.400. The first-order valence-corrected chi connectivity index (χ1v) is 5.16. The van der Waals surface area contributed by atoms with E-state index in [0.717, 1.165) is 25.9 Å². The van der Waals surface area contributed by atoms with Gasteiger partial charge >= 0.3 is 0 Å². The molecule has 6 heteroatoms. The third-order valence-electron chi connectivity index (χ3n) is 2.46. The average Bonchev–Trinajstić information content (AvgIpc) is 2.67. The minimum atomic E-state index is -0.121. The lowest BCUT2D eigenvalue weighted by molar-refractivity contribution is -0.114. The zero-order valence-electron chi connectivity index (χ0n) is 8.73. The Hall–Kier alpha value is -1.43. The van der Waals surface area contributed by atoms with Gasteiger partial charge in [-0.1, -0.05) is 5.21 Å². The summed E-state index contributed by atoms with van der Waals surface area (Å²) >= 11 is 0. The maximum atomic E-state index is 10.8. The Balaban J connectivity index is 2.02. The number of hydrogen-bond acceptors (Lipinski definition) is 4. The Bertz CT molecular complexity index is 342. The highest BCUT2D eigenvalue weighted by atomic mass is 16.1. The zero-order valence-corrected chi connectivity index (χ0v) is 8.73. The van der Waals surface area contributed by atoms with Crippen molar-refractivity contribution in [2.24, 2.45) is 0 Å². The molecule has 1 saturated heterocycles. The van der Waals surface area contributed by atoms with Crippen LogP contribution in [0.2, 0.25) is 0 Å². The molecule has 15 heavy (non-hydrogen) atoms. The molecule has 0 aromatic carbocycles. The van der Waals surface area contributed by atoms with E-state index in [2.05, 4.69) is 20.9 Å². The molecule has 1 aliphatic rings. The molecule has 2 heterocycles. The van der Waals surface area contributed by atoms with Crippen molar-refractivity contribution in [2.45, 2.75) is 25.8 Å². The Morgan fingerprint density at radius 3 is 3.27 bits per heavy atom. The first kappa shape index (κ1) is 10.1. The molecule has 2 rings (SSSR count). The normalized spacial score (nSPS) is 21.3. The van der Waals surface area contributed by atoms with Crippen molar-refractivity contribution in [2.75, 3.05) is 18.4 Å². The second-order valence-electron chi connectivity index (χ2n) is 3.77. The fourth-order valence-electron chi connectivity index (χ4n) is 1.75. The minimum absolute atomic E-state index is 0.121. The predicted molar refractivity (Wildman–Crippen MR) is 55.5 cm³/mol. The van der Waals surface area contributed by atoms with Crippen molar-refractivity contribution < 1.29 is 4.79 Å². The second-order valence-corrected chi connectivity index (χ2v) is 3.77. The molecule has 2 N–H and O–H groups in total. The first-order valence-electron chi connectivity index (χ1n) is 5.16. The monoisotopic (exact) mass is 209 g/mol. The van der Waals surface area contributed by atoms with Crippen molar-refractivity contribution in [1.29, 1.82) is 0 Å². The molecule has 0 aliphatic carbocycles. The van der Waals surface area contributed by atoms with Crippen LogP contribution in [0, 0.1) is 0 Å². The number of anilines is 1. The number of rotatable bonds is 2. The summed E-state index contributed by atoms with van der Waals surface area (Å²) in [5, 5.41) is 13.8. The fourth-order valence-corrected chi connectivity index (χ4v) is 1.75. The number of hydrogen-bond donors (Lipinski definition) is 2. The Kier molecular flexibility index (Phi) is 2.96. The van der Waals surface area contributed by atoms with E-state index in [-0.39, 0.29) is 5.91 Å². The zero-order chi connectivity index (χ0) is 10.7. The molecule has 0 saturated carbocycles. The topological polar surface area (TPSA) is 71.8 Å². The molecule has 1 aromatic rings. The molecule has 0 radical (unpaired) electrons. The quantitative estimate of drug-likeness (QED) is 0.728. The van der Waals surface area contributed by atoms with E-state index in [9.17, 15) is 4.79 Å². The van der Waals surface area contributed by atoms with Crippen LogP contribution in [0.15, 0.2) is 6.20 Å². The van der Waals surface area contributed by atoms with Gasteiger partial charge in [0.25, 0.3) is 0 Å². The lowest BCUT2D eigenvalue weighted by atomic mass is 10.1. The van der Waals surface area contributed by atoms with Crippen LogP contribution in [-0.4, -0.2) is 34.0 Å². The highest BCUT2D eigenvalue weighted by Crippen LogP contribution is 2.16. The van der Waals surface area contributed by atoms with Gasteiger partial charge in [-0.15, -0.1) is 5.10 Å². The molecule has 82 valence electrons. The first-order chi connectivity index (χ1) is 7.25. The lowest BCUT2D eigenvalue weighted by Crippen LogP contribution is -2.31. The maximum absolute atomic E-state index is 10.8. The summed E-state index contributed by atoms with van der Waals surface area (Å²) in [6.07, 6.45) is 4.04. The van der Waals surface area contributed by atoms with Gasteiger partial charge < -0.3 is 10.6 Å². The SMILES string of the molecule is CC(=O)Nc1cn(C2CCCNC2)nn1. The predicted octanol–water partition coefficient (Wildman–Crippen LogP) is 0.161. The van der Waals surface area contributed by atoms with Gasteiger partial charge in [0.15, 0.2) is 5.82 Å². The molecular weight excluding hydrogens is 194 g/mol. The smallest absolute Gasteiger partial charge is 0.222 e. The summed E-state index contributed by atoms with van der Waals surface area (Å²) in [5.41, 5.74) is 0. The van der Waals surface area contributed by atoms with Gasteiger partial charge in [-0.3, -0.25) is 4.79 Å². The molecule has 1 aliphatic heterocycles. The third-order valence-corrected chi connectivity index (χ3v) is 2.46. The number of nitrogens with zero attached hydrogens (tertiary/aromatic N) is 3. The standard InChI is InChI=1S/C9H15N5O/c1-7(15)11-9-6-14(13-12-9)8-3-2-4-10-5-8/h6,8,10H,2-5H2,1H3,(H,11,15). The van der Waals surface area contributed by atoms with E-state index in [4.69, 9.17) is 0 Å². The van der Waals surface area contributed by atoms with Crippen molar-refractivity contribution in [1.82, 2.24) is 20.3 Å². The largest absolute Gasteiger partial charge is 0.315 e. The molecule has 1 aromatic heterocycles. The van der Waals surface area contributed by atoms with E-state index in [1.807, 2.05) is 4.68 Å². The lowest BCUT2D eigenvalue weighted by Gasteiger charge is -2.22. The number of piperidine rings is 1. The number of amides is 1. The fraction of sp³-hybridized carbons (Fsp3) is 0.667. The maximum Gasteiger partial charge on any atom is 0.222 e. The number of nitrogens with one attached hydrogen (secondary N) is 2. The summed E-state index contributed by atoms with van der Waals surface area (Å²) in [6, 6.07) is 0.355. The highest BCUT2D eigenvalue weighted by molar-refractivity contribution is 5.87. The average molecular weight is 209 g/mol. The van der Waals surface area contributed by atoms with Crippen LogP contribution in [0.3, 0.4) is 0 Å². The molecule has 6 nitrogen and oxygen atoms in total. The van der Waals surface area contributed by atoms with Crippen LogP contribution in [0.1, 0.15) is 25.8 Å². The van der Waals surface area contributed by atoms with Crippen LogP contribution in [-0.2, 0) is 4.79 Å². The van der Waals surface area contributed by atoms with Gasteiger partial charge in [-0.05, 0) is 19.4 Å². The molecule has 0 bridgehead atoms. The highest BCUT2D eigenvalue weighted by Gasteiger charge is 2.16. The van der Waals surface area contributed by atoms with Gasteiger partial charge in [0, 0.05) is 13.5 Å². The van der Waals surface area contributed by atoms with Gasteiger partial charge in [0.05, 0.1) is 12.2 Å². The van der Waals surface area contributed by atoms with Crippen LogP contribution < -0.4 is 10.6 Å². The summed E-state index contributed by atoms with van der Waals surface area (Å²) in [6.45, 7) is 3.45. The van der Waals surface area contributed by atoms with Gasteiger partial charge in [-0.25, -0.2) is 4.68 Å². The second kappa shape index (κ2) is 4.39. The van der Waals surface area contributed by atoms with E-state index in [0.29, 0.717) is 11.9 Å². The summed E-state index contributed by atoms with van der Waals surface area (Å²) in [7, 11) is 0. The summed E-state index contributed by atoms with van der Waals surface area (Å²) in [4.78, 5) is 10.8. The van der Waals surface area contributed by atoms with Crippen LogP contribution in [0.5, 0.6) is 0 Å². The van der Waals surface area contributed by atoms with Crippen LogP contribution in [0.25, 0.3) is 0 Å². The van der Waals surface area contributed by atoms with E-state index < -0.39 is 0 Å². The van der Waals surface area contributed by atoms with Gasteiger partial charge in [-0.2, -0.15) is 0 Å². The number of carbonyl (C=O) groups is 1. The van der Waals surface area contributed by atoms with E-state index in [1.165, 1.54) is 6.92 Å². The number of carbonyl (C=O) groups excluding carboxylic acids is 1. The Morgan fingerprint density at radius 2 is 2.60 bits per heavy atom.